The van der Waals surface area contributed by atoms with E-state index in [2.05, 4.69) is 9.97 Å². The molecule has 1 aromatic heterocycles. The van der Waals surface area contributed by atoms with Gasteiger partial charge in [-0.05, 0) is 53.8 Å². The van der Waals surface area contributed by atoms with E-state index in [1.165, 1.54) is 19.5 Å². The number of hydrogen-bond acceptors (Lipinski definition) is 7. The maximum absolute atomic E-state index is 14.3. The molecular formula is C32H31F6N5O4. The summed E-state index contributed by atoms with van der Waals surface area (Å²) in [7, 11) is 1.49. The highest BCUT2D eigenvalue weighted by molar-refractivity contribution is 6.07. The number of hydrogen-bond donors (Lipinski definition) is 1. The van der Waals surface area contributed by atoms with Gasteiger partial charge in [0.2, 0.25) is 5.95 Å². The van der Waals surface area contributed by atoms with Crippen LogP contribution in [-0.2, 0) is 39.8 Å². The summed E-state index contributed by atoms with van der Waals surface area (Å²) >= 11 is 0. The SMILES string of the molecule is COCCN1Cc2ccccc2C=C1C(=O)N(Cc1cc(C(F)(F)F)cc(C(F)(F)F)c1)c1ncc(N2CCC(C(=O)O)CC2)cn1. The van der Waals surface area contributed by atoms with E-state index in [-0.39, 0.29) is 30.9 Å². The zero-order valence-electron chi connectivity index (χ0n) is 25.2. The predicted molar refractivity (Wildman–Crippen MR) is 159 cm³/mol. The van der Waals surface area contributed by atoms with Crippen molar-refractivity contribution in [1.29, 1.82) is 0 Å². The molecule has 5 rings (SSSR count). The van der Waals surface area contributed by atoms with Gasteiger partial charge in [0.1, 0.15) is 5.70 Å². The molecule has 47 heavy (non-hydrogen) atoms. The Hall–Kier alpha value is -4.66. The van der Waals surface area contributed by atoms with Crippen molar-refractivity contribution in [3.63, 3.8) is 0 Å². The van der Waals surface area contributed by atoms with Gasteiger partial charge in [0, 0.05) is 33.3 Å². The molecule has 1 N–H and O–H groups in total. The van der Waals surface area contributed by atoms with Crippen LogP contribution >= 0.6 is 0 Å². The number of nitrogens with zero attached hydrogens (tertiary/aromatic N) is 5. The van der Waals surface area contributed by atoms with E-state index in [9.17, 15) is 41.0 Å². The predicted octanol–water partition coefficient (Wildman–Crippen LogP) is 5.85. The fourth-order valence-electron chi connectivity index (χ4n) is 5.61. The number of aromatic nitrogens is 2. The van der Waals surface area contributed by atoms with Crippen LogP contribution in [0.15, 0.2) is 60.6 Å². The third-order valence-corrected chi connectivity index (χ3v) is 8.14. The molecule has 3 aromatic rings. The Bertz CT molecular complexity index is 1600. The first-order valence-electron chi connectivity index (χ1n) is 14.7. The molecule has 2 aromatic carbocycles. The average molecular weight is 664 g/mol. The molecule has 0 aliphatic carbocycles. The van der Waals surface area contributed by atoms with Crippen molar-refractivity contribution in [1.82, 2.24) is 14.9 Å². The van der Waals surface area contributed by atoms with Crippen molar-refractivity contribution >= 4 is 29.6 Å². The number of rotatable bonds is 9. The minimum Gasteiger partial charge on any atom is -0.481 e. The van der Waals surface area contributed by atoms with E-state index in [0.717, 1.165) is 16.0 Å². The van der Waals surface area contributed by atoms with Crippen molar-refractivity contribution in [2.24, 2.45) is 5.92 Å². The molecule has 2 aliphatic heterocycles. The minimum absolute atomic E-state index is 0.0293. The number of fused-ring (bicyclic) bond motifs is 1. The first kappa shape index (κ1) is 33.7. The van der Waals surface area contributed by atoms with Gasteiger partial charge in [-0.15, -0.1) is 0 Å². The lowest BCUT2D eigenvalue weighted by Gasteiger charge is -2.34. The topological polar surface area (TPSA) is 99.1 Å². The summed E-state index contributed by atoms with van der Waals surface area (Å²) in [5, 5.41) is 9.30. The van der Waals surface area contributed by atoms with E-state index < -0.39 is 53.4 Å². The number of ether oxygens (including phenoxy) is 1. The number of piperidine rings is 1. The minimum atomic E-state index is -5.08. The van der Waals surface area contributed by atoms with Gasteiger partial charge >= 0.3 is 18.3 Å². The molecule has 2 aliphatic rings. The van der Waals surface area contributed by atoms with Crippen molar-refractivity contribution in [2.75, 3.05) is 43.2 Å². The van der Waals surface area contributed by atoms with Crippen LogP contribution < -0.4 is 9.80 Å². The first-order valence-corrected chi connectivity index (χ1v) is 14.7. The number of anilines is 2. The Labute approximate surface area is 266 Å². The molecule has 0 unspecified atom stereocenters. The summed E-state index contributed by atoms with van der Waals surface area (Å²) in [5.41, 5.74) is -1.16. The Kier molecular flexibility index (Phi) is 9.75. The van der Waals surface area contributed by atoms with Gasteiger partial charge in [-0.2, -0.15) is 26.3 Å². The second-order valence-electron chi connectivity index (χ2n) is 11.3. The van der Waals surface area contributed by atoms with Crippen LogP contribution in [0.5, 0.6) is 0 Å². The first-order chi connectivity index (χ1) is 22.2. The molecule has 0 spiro atoms. The number of halogens is 6. The molecule has 250 valence electrons. The number of aliphatic carboxylic acids is 1. The highest BCUT2D eigenvalue weighted by Crippen LogP contribution is 2.37. The maximum Gasteiger partial charge on any atom is 0.416 e. The molecule has 15 heteroatoms. The smallest absolute Gasteiger partial charge is 0.416 e. The number of alkyl halides is 6. The summed E-state index contributed by atoms with van der Waals surface area (Å²) in [6, 6.07) is 8.47. The summed E-state index contributed by atoms with van der Waals surface area (Å²) in [6.45, 7) is 0.926. The third kappa shape index (κ3) is 7.84. The summed E-state index contributed by atoms with van der Waals surface area (Å²) in [6.07, 6.45) is -4.97. The quantitative estimate of drug-likeness (QED) is 0.285. The maximum atomic E-state index is 14.3. The lowest BCUT2D eigenvalue weighted by molar-refractivity contribution is -0.144. The largest absolute Gasteiger partial charge is 0.481 e. The monoisotopic (exact) mass is 663 g/mol. The highest BCUT2D eigenvalue weighted by Gasteiger charge is 2.38. The molecule has 0 bridgehead atoms. The average Bonchev–Trinajstić information content (AvgIpc) is 3.04. The molecule has 1 amide bonds. The number of amides is 1. The lowest BCUT2D eigenvalue weighted by atomic mass is 9.97. The van der Waals surface area contributed by atoms with Gasteiger partial charge in [-0.3, -0.25) is 14.5 Å². The molecule has 0 radical (unpaired) electrons. The normalized spacial score (nSPS) is 15.7. The van der Waals surface area contributed by atoms with Gasteiger partial charge < -0.3 is 19.6 Å². The summed E-state index contributed by atoms with van der Waals surface area (Å²) in [5.74, 6) is -2.34. The van der Waals surface area contributed by atoms with Gasteiger partial charge in [0.15, 0.2) is 0 Å². The fourth-order valence-corrected chi connectivity index (χ4v) is 5.61. The number of benzene rings is 2. The number of carboxylic acids is 1. The van der Waals surface area contributed by atoms with Crippen LogP contribution in [0.25, 0.3) is 6.08 Å². The van der Waals surface area contributed by atoms with Crippen molar-refractivity contribution < 1.29 is 45.8 Å². The van der Waals surface area contributed by atoms with Crippen LogP contribution in [0.3, 0.4) is 0 Å². The Balaban J connectivity index is 1.55. The molecule has 3 heterocycles. The van der Waals surface area contributed by atoms with Gasteiger partial charge in [-0.25, -0.2) is 9.97 Å². The molecule has 9 nitrogen and oxygen atoms in total. The van der Waals surface area contributed by atoms with Crippen LogP contribution in [0.1, 0.15) is 40.7 Å². The summed E-state index contributed by atoms with van der Waals surface area (Å²) < 4.78 is 87.5. The third-order valence-electron chi connectivity index (χ3n) is 8.14. The van der Waals surface area contributed by atoms with Crippen LogP contribution in [0.4, 0.5) is 38.0 Å². The standard InChI is InChI=1S/C32H31F6N5O4/c1-47-11-10-42-19-23-5-3-2-4-22(23)14-27(42)28(44)43(18-20-12-24(31(33,34)35)15-25(13-20)32(36,37)38)30-39-16-26(17-40-30)41-8-6-21(7-9-41)29(45)46/h2-5,12-17,21H,6-11,18-19H2,1H3,(H,45,46). The van der Waals surface area contributed by atoms with E-state index >= 15 is 0 Å². The second kappa shape index (κ2) is 13.6. The van der Waals surface area contributed by atoms with E-state index in [1.54, 1.807) is 23.1 Å². The van der Waals surface area contributed by atoms with Crippen LogP contribution in [0, 0.1) is 5.92 Å². The Morgan fingerprint density at radius 3 is 2.17 bits per heavy atom. The van der Waals surface area contributed by atoms with Gasteiger partial charge in [0.25, 0.3) is 5.91 Å². The second-order valence-corrected chi connectivity index (χ2v) is 11.3. The summed E-state index contributed by atoms with van der Waals surface area (Å²) in [4.78, 5) is 38.8. The zero-order chi connectivity index (χ0) is 33.9. The fraction of sp³-hybridized carbons (Fsp3) is 0.375. The molecular weight excluding hydrogens is 632 g/mol. The highest BCUT2D eigenvalue weighted by atomic mass is 19.4. The molecule has 1 fully saturated rings. The lowest BCUT2D eigenvalue weighted by Crippen LogP contribution is -2.41. The Morgan fingerprint density at radius 1 is 0.979 bits per heavy atom. The zero-order valence-corrected chi connectivity index (χ0v) is 25.2. The molecule has 0 atom stereocenters. The van der Waals surface area contributed by atoms with Crippen LogP contribution in [0.2, 0.25) is 0 Å². The van der Waals surface area contributed by atoms with Crippen molar-refractivity contribution in [2.45, 2.75) is 38.3 Å². The number of methoxy groups -OCH3 is 1. The van der Waals surface area contributed by atoms with E-state index in [0.29, 0.717) is 50.3 Å². The number of carbonyl (C=O) groups excluding carboxylic acids is 1. The van der Waals surface area contributed by atoms with E-state index in [4.69, 9.17) is 4.74 Å². The number of carbonyl (C=O) groups is 2. The van der Waals surface area contributed by atoms with Crippen molar-refractivity contribution in [3.8, 4) is 0 Å². The Morgan fingerprint density at radius 2 is 1.60 bits per heavy atom. The number of carboxylic acid groups (broad SMARTS) is 1. The molecule has 1 saturated heterocycles. The van der Waals surface area contributed by atoms with Gasteiger partial charge in [-0.1, -0.05) is 24.3 Å². The van der Waals surface area contributed by atoms with Crippen LogP contribution in [-0.4, -0.2) is 65.2 Å². The van der Waals surface area contributed by atoms with E-state index in [1.807, 2.05) is 17.0 Å². The molecule has 0 saturated carbocycles. The van der Waals surface area contributed by atoms with Crippen molar-refractivity contribution in [3.05, 3.63) is 88.4 Å². The van der Waals surface area contributed by atoms with Gasteiger partial charge in [0.05, 0.1) is 48.3 Å².